The number of anilines is 1. The fourth-order valence-electron chi connectivity index (χ4n) is 3.49. The zero-order chi connectivity index (χ0) is 21.8. The number of benzene rings is 3. The fraction of sp³-hybridized carbons (Fsp3) is 0.130. The second-order valence-corrected chi connectivity index (χ2v) is 11.3. The molecule has 0 spiro atoms. The second kappa shape index (κ2) is 8.69. The van der Waals surface area contributed by atoms with Gasteiger partial charge in [0.15, 0.2) is 0 Å². The van der Waals surface area contributed by atoms with Gasteiger partial charge in [-0.15, -0.1) is 0 Å². The summed E-state index contributed by atoms with van der Waals surface area (Å²) in [7, 11) is -2.45. The first-order chi connectivity index (χ1) is 14.2. The van der Waals surface area contributed by atoms with Crippen LogP contribution in [0.2, 0.25) is 0 Å². The third kappa shape index (κ3) is 4.69. The summed E-state index contributed by atoms with van der Waals surface area (Å²) in [6.07, 6.45) is -4.57. The molecule has 7 heteroatoms. The summed E-state index contributed by atoms with van der Waals surface area (Å²) in [4.78, 5) is 11.6. The Hall–Kier alpha value is -3.16. The maximum absolute atomic E-state index is 12.8. The summed E-state index contributed by atoms with van der Waals surface area (Å²) >= 11 is 0. The first kappa shape index (κ1) is 21.5. The molecule has 0 aliphatic rings. The van der Waals surface area contributed by atoms with Crippen LogP contribution in [0.1, 0.15) is 11.1 Å². The van der Waals surface area contributed by atoms with Gasteiger partial charge in [0.1, 0.15) is 0 Å². The number of alkyl halides is 3. The Balaban J connectivity index is 2.11. The molecule has 0 aliphatic carbocycles. The quantitative estimate of drug-likeness (QED) is 0.605. The predicted octanol–water partition coefficient (Wildman–Crippen LogP) is 4.59. The summed E-state index contributed by atoms with van der Waals surface area (Å²) < 4.78 is 38.5. The SMILES string of the molecule is C[PH](Cc1cc(C#N)ccc1NC(=O)C(F)(F)F)(c1ccccc1)c1ccccc1. The van der Waals surface area contributed by atoms with Gasteiger partial charge in [-0.3, -0.25) is 0 Å². The molecule has 0 unspecified atom stereocenters. The van der Waals surface area contributed by atoms with Gasteiger partial charge in [-0.05, 0) is 0 Å². The number of nitriles is 1. The van der Waals surface area contributed by atoms with Gasteiger partial charge < -0.3 is 0 Å². The van der Waals surface area contributed by atoms with Crippen molar-refractivity contribution in [3.8, 4) is 6.07 Å². The van der Waals surface area contributed by atoms with Gasteiger partial charge in [-0.25, -0.2) is 0 Å². The summed E-state index contributed by atoms with van der Waals surface area (Å²) in [5.74, 6) is -2.03. The number of carbonyl (C=O) groups excluding carboxylic acids is 1. The molecule has 0 atom stereocenters. The van der Waals surface area contributed by atoms with Crippen molar-refractivity contribution >= 4 is 29.5 Å². The van der Waals surface area contributed by atoms with Crippen molar-refractivity contribution in [2.75, 3.05) is 12.0 Å². The minimum absolute atomic E-state index is 0.0712. The molecule has 3 aromatic rings. The van der Waals surface area contributed by atoms with Gasteiger partial charge >= 0.3 is 173 Å². The fourth-order valence-corrected chi connectivity index (χ4v) is 7.14. The number of rotatable bonds is 5. The molecule has 30 heavy (non-hydrogen) atoms. The van der Waals surface area contributed by atoms with Crippen LogP contribution in [0.5, 0.6) is 0 Å². The van der Waals surface area contributed by atoms with Crippen molar-refractivity contribution in [1.29, 1.82) is 5.26 Å². The van der Waals surface area contributed by atoms with E-state index in [1.807, 2.05) is 72.0 Å². The van der Waals surface area contributed by atoms with Gasteiger partial charge in [-0.1, -0.05) is 0 Å². The van der Waals surface area contributed by atoms with Crippen LogP contribution in [-0.4, -0.2) is 18.7 Å². The van der Waals surface area contributed by atoms with E-state index < -0.39 is 19.3 Å². The summed E-state index contributed by atoms with van der Waals surface area (Å²) in [6, 6.07) is 26.0. The van der Waals surface area contributed by atoms with Gasteiger partial charge in [0.2, 0.25) is 0 Å². The first-order valence-electron chi connectivity index (χ1n) is 9.26. The number of nitrogens with zero attached hydrogens (tertiary/aromatic N) is 1. The number of nitrogens with one attached hydrogen (secondary N) is 1. The molecule has 0 radical (unpaired) electrons. The molecular weight excluding hydrogens is 408 g/mol. The second-order valence-electron chi connectivity index (χ2n) is 7.18. The van der Waals surface area contributed by atoms with Crippen LogP contribution < -0.4 is 15.9 Å². The van der Waals surface area contributed by atoms with Crippen molar-refractivity contribution < 1.29 is 18.0 Å². The molecule has 3 aromatic carbocycles. The van der Waals surface area contributed by atoms with E-state index in [1.165, 1.54) is 12.1 Å². The number of amides is 1. The minimum atomic E-state index is -5.00. The van der Waals surface area contributed by atoms with E-state index in [9.17, 15) is 23.2 Å². The van der Waals surface area contributed by atoms with Crippen LogP contribution >= 0.6 is 7.26 Å². The third-order valence-electron chi connectivity index (χ3n) is 5.11. The van der Waals surface area contributed by atoms with Gasteiger partial charge in [0.05, 0.1) is 0 Å². The molecule has 0 saturated carbocycles. The van der Waals surface area contributed by atoms with Gasteiger partial charge in [-0.2, -0.15) is 0 Å². The van der Waals surface area contributed by atoms with E-state index in [4.69, 9.17) is 0 Å². The number of hydrogen-bond acceptors (Lipinski definition) is 2. The predicted molar refractivity (Wildman–Crippen MR) is 116 cm³/mol. The van der Waals surface area contributed by atoms with Gasteiger partial charge in [0, 0.05) is 0 Å². The molecule has 1 amide bonds. The molecule has 0 fully saturated rings. The zero-order valence-corrected chi connectivity index (χ0v) is 17.2. The van der Waals surface area contributed by atoms with Crippen molar-refractivity contribution in [3.05, 3.63) is 90.0 Å². The Morgan fingerprint density at radius 2 is 1.50 bits per heavy atom. The molecular formula is C23H20F3N2OP. The Morgan fingerprint density at radius 1 is 0.967 bits per heavy atom. The normalized spacial score (nSPS) is 12.1. The van der Waals surface area contributed by atoms with Crippen molar-refractivity contribution in [2.24, 2.45) is 0 Å². The topological polar surface area (TPSA) is 52.9 Å². The average molecular weight is 428 g/mol. The van der Waals surface area contributed by atoms with E-state index in [2.05, 4.69) is 6.66 Å². The molecule has 0 bridgehead atoms. The standard InChI is InChI=1S/C23H20F3N2OP/c1-30(19-8-4-2-5-9-19,20-10-6-3-7-11-20)16-18-14-17(15-27)12-13-21(18)28-22(29)23(24,25)26/h2-14,30H,16H2,1H3,(H,28,29). The summed E-state index contributed by atoms with van der Waals surface area (Å²) in [5, 5.41) is 13.5. The Bertz CT molecular complexity index is 1040. The molecule has 3 nitrogen and oxygen atoms in total. The number of hydrogen-bond donors (Lipinski definition) is 1. The van der Waals surface area contributed by atoms with Crippen LogP contribution in [0.3, 0.4) is 0 Å². The van der Waals surface area contributed by atoms with Crippen molar-refractivity contribution in [3.63, 3.8) is 0 Å². The summed E-state index contributed by atoms with van der Waals surface area (Å²) in [6.45, 7) is 2.13. The van der Waals surface area contributed by atoms with E-state index in [1.54, 1.807) is 6.07 Å². The zero-order valence-electron chi connectivity index (χ0n) is 16.2. The van der Waals surface area contributed by atoms with E-state index in [-0.39, 0.29) is 5.69 Å². The van der Waals surface area contributed by atoms with Crippen molar-refractivity contribution in [1.82, 2.24) is 0 Å². The summed E-state index contributed by atoms with van der Waals surface area (Å²) in [5.41, 5.74) is 0.905. The van der Waals surface area contributed by atoms with Crippen molar-refractivity contribution in [2.45, 2.75) is 12.3 Å². The monoisotopic (exact) mass is 428 g/mol. The molecule has 154 valence electrons. The molecule has 0 aliphatic heterocycles. The molecule has 1 N–H and O–H groups in total. The van der Waals surface area contributed by atoms with E-state index in [0.717, 1.165) is 10.6 Å². The third-order valence-corrected chi connectivity index (χ3v) is 9.41. The molecule has 3 rings (SSSR count). The van der Waals surface area contributed by atoms with E-state index in [0.29, 0.717) is 17.3 Å². The van der Waals surface area contributed by atoms with Crippen LogP contribution in [0.25, 0.3) is 0 Å². The van der Waals surface area contributed by atoms with Crippen LogP contribution in [-0.2, 0) is 11.0 Å². The maximum atomic E-state index is 12.8. The molecule has 0 saturated heterocycles. The Morgan fingerprint density at radius 3 is 1.97 bits per heavy atom. The average Bonchev–Trinajstić information content (AvgIpc) is 2.75. The van der Waals surface area contributed by atoms with Crippen LogP contribution in [0.4, 0.5) is 18.9 Å². The van der Waals surface area contributed by atoms with Gasteiger partial charge in [0.25, 0.3) is 0 Å². The Kier molecular flexibility index (Phi) is 6.24. The number of carbonyl (C=O) groups is 1. The Labute approximate surface area is 173 Å². The first-order valence-corrected chi connectivity index (χ1v) is 12.0. The molecule has 0 aromatic heterocycles. The molecule has 0 heterocycles. The van der Waals surface area contributed by atoms with Crippen LogP contribution in [0, 0.1) is 11.3 Å². The van der Waals surface area contributed by atoms with E-state index >= 15 is 0 Å². The van der Waals surface area contributed by atoms with Crippen LogP contribution in [0.15, 0.2) is 78.9 Å². The number of halogens is 3.